The Labute approximate surface area is 164 Å². The molecule has 2 aromatic heterocycles. The molecule has 6 heteroatoms. The van der Waals surface area contributed by atoms with Crippen molar-refractivity contribution >= 4 is 22.7 Å². The Kier molecular flexibility index (Phi) is 5.58. The van der Waals surface area contributed by atoms with Gasteiger partial charge in [0.25, 0.3) is 0 Å². The summed E-state index contributed by atoms with van der Waals surface area (Å²) in [6.07, 6.45) is 5.65. The van der Waals surface area contributed by atoms with Crippen LogP contribution in [0, 0.1) is 0 Å². The number of pyridine rings is 1. The summed E-state index contributed by atoms with van der Waals surface area (Å²) >= 11 is 0. The first kappa shape index (κ1) is 18.5. The number of piperidine rings is 1. The number of hydrogen-bond acceptors (Lipinski definition) is 5. The van der Waals surface area contributed by atoms with Crippen LogP contribution in [-0.2, 0) is 11.3 Å². The van der Waals surface area contributed by atoms with Crippen LogP contribution in [0.15, 0.2) is 48.8 Å². The van der Waals surface area contributed by atoms with Crippen LogP contribution in [0.3, 0.4) is 0 Å². The molecular weight excluding hydrogens is 352 g/mol. The summed E-state index contributed by atoms with van der Waals surface area (Å²) in [4.78, 5) is 22.4. The summed E-state index contributed by atoms with van der Waals surface area (Å²) < 4.78 is 5.24. The minimum Gasteiger partial charge on any atom is -0.462 e. The Bertz CT molecular complexity index is 938. The van der Waals surface area contributed by atoms with E-state index >= 15 is 0 Å². The second kappa shape index (κ2) is 8.44. The number of esters is 1. The molecule has 28 heavy (non-hydrogen) atoms. The summed E-state index contributed by atoms with van der Waals surface area (Å²) in [7, 11) is 0. The molecule has 6 nitrogen and oxygen atoms in total. The monoisotopic (exact) mass is 378 g/mol. The van der Waals surface area contributed by atoms with Gasteiger partial charge in [0, 0.05) is 36.9 Å². The van der Waals surface area contributed by atoms with Gasteiger partial charge in [0.2, 0.25) is 0 Å². The van der Waals surface area contributed by atoms with E-state index in [-0.39, 0.29) is 12.0 Å². The maximum atomic E-state index is 12.5. The largest absolute Gasteiger partial charge is 0.462 e. The van der Waals surface area contributed by atoms with E-state index in [0.29, 0.717) is 12.2 Å². The van der Waals surface area contributed by atoms with Gasteiger partial charge in [-0.25, -0.2) is 9.78 Å². The minimum absolute atomic E-state index is 0.270. The Morgan fingerprint density at radius 2 is 2.18 bits per heavy atom. The number of ether oxygens (including phenoxy) is 1. The van der Waals surface area contributed by atoms with Crippen LogP contribution in [0.4, 0.5) is 5.69 Å². The van der Waals surface area contributed by atoms with E-state index in [1.807, 2.05) is 25.3 Å². The number of hydrogen-bond donors (Lipinski definition) is 2. The standard InChI is InChI=1S/C22H26N4O2/c1-2-28-22(27)19-13-24-21-18(10-11-23-21)20(19)25-17-9-6-12-26(15-17)14-16-7-4-3-5-8-16/h3-5,7-8,10-11,13,17H,2,6,9,12,14-15H2,1H3,(H2,23,24,25)/t17-/m1/s1. The van der Waals surface area contributed by atoms with Crippen molar-refractivity contribution in [2.24, 2.45) is 0 Å². The fourth-order valence-electron chi connectivity index (χ4n) is 3.89. The predicted molar refractivity (Wildman–Crippen MR) is 110 cm³/mol. The number of likely N-dealkylation sites (tertiary alicyclic amines) is 1. The van der Waals surface area contributed by atoms with Crippen molar-refractivity contribution in [3.8, 4) is 0 Å². The lowest BCUT2D eigenvalue weighted by atomic mass is 10.0. The second-order valence-electron chi connectivity index (χ2n) is 7.21. The van der Waals surface area contributed by atoms with Gasteiger partial charge in [-0.05, 0) is 37.9 Å². The van der Waals surface area contributed by atoms with Gasteiger partial charge in [-0.3, -0.25) is 4.90 Å². The number of nitrogens with zero attached hydrogens (tertiary/aromatic N) is 2. The van der Waals surface area contributed by atoms with Crippen molar-refractivity contribution in [2.45, 2.75) is 32.4 Å². The van der Waals surface area contributed by atoms with Crippen LogP contribution in [0.2, 0.25) is 0 Å². The molecule has 1 aromatic carbocycles. The molecule has 0 spiro atoms. The number of carbonyl (C=O) groups is 1. The normalized spacial score (nSPS) is 17.5. The van der Waals surface area contributed by atoms with Crippen LogP contribution < -0.4 is 5.32 Å². The number of benzene rings is 1. The van der Waals surface area contributed by atoms with Gasteiger partial charge in [0.1, 0.15) is 11.2 Å². The molecule has 1 atom stereocenters. The molecule has 4 rings (SSSR count). The van der Waals surface area contributed by atoms with Gasteiger partial charge < -0.3 is 15.0 Å². The number of rotatable bonds is 6. The summed E-state index contributed by atoms with van der Waals surface area (Å²) in [6.45, 7) is 5.13. The molecule has 1 aliphatic heterocycles. The number of fused-ring (bicyclic) bond motifs is 1. The Morgan fingerprint density at radius 3 is 3.00 bits per heavy atom. The fraction of sp³-hybridized carbons (Fsp3) is 0.364. The van der Waals surface area contributed by atoms with Crippen molar-refractivity contribution in [1.82, 2.24) is 14.9 Å². The number of anilines is 1. The number of aromatic amines is 1. The predicted octanol–water partition coefficient (Wildman–Crippen LogP) is 3.82. The number of H-pyrrole nitrogens is 1. The lowest BCUT2D eigenvalue weighted by Crippen LogP contribution is -2.41. The molecule has 0 amide bonds. The molecule has 0 aliphatic carbocycles. The lowest BCUT2D eigenvalue weighted by molar-refractivity contribution is 0.0527. The number of nitrogens with one attached hydrogen (secondary N) is 2. The van der Waals surface area contributed by atoms with E-state index < -0.39 is 0 Å². The Balaban J connectivity index is 1.54. The first-order chi connectivity index (χ1) is 13.7. The molecule has 3 heterocycles. The summed E-state index contributed by atoms with van der Waals surface area (Å²) in [5.74, 6) is -0.336. The van der Waals surface area contributed by atoms with Gasteiger partial charge in [-0.2, -0.15) is 0 Å². The van der Waals surface area contributed by atoms with Crippen LogP contribution in [0.5, 0.6) is 0 Å². The highest BCUT2D eigenvalue weighted by Crippen LogP contribution is 2.28. The lowest BCUT2D eigenvalue weighted by Gasteiger charge is -2.34. The third-order valence-electron chi connectivity index (χ3n) is 5.18. The van der Waals surface area contributed by atoms with Gasteiger partial charge in [0.15, 0.2) is 0 Å². The molecule has 3 aromatic rings. The van der Waals surface area contributed by atoms with Crippen LogP contribution in [-0.4, -0.2) is 46.6 Å². The van der Waals surface area contributed by atoms with Gasteiger partial charge in [-0.1, -0.05) is 30.3 Å². The fourth-order valence-corrected chi connectivity index (χ4v) is 3.89. The van der Waals surface area contributed by atoms with Gasteiger partial charge in [-0.15, -0.1) is 0 Å². The highest BCUT2D eigenvalue weighted by atomic mass is 16.5. The molecule has 0 saturated carbocycles. The minimum atomic E-state index is -0.336. The van der Waals surface area contributed by atoms with Crippen LogP contribution >= 0.6 is 0 Å². The molecule has 2 N–H and O–H groups in total. The van der Waals surface area contributed by atoms with Crippen LogP contribution in [0.25, 0.3) is 11.0 Å². The van der Waals surface area contributed by atoms with E-state index in [1.165, 1.54) is 5.56 Å². The smallest absolute Gasteiger partial charge is 0.341 e. The van der Waals surface area contributed by atoms with E-state index in [0.717, 1.165) is 49.2 Å². The van der Waals surface area contributed by atoms with E-state index in [4.69, 9.17) is 4.74 Å². The van der Waals surface area contributed by atoms with Crippen molar-refractivity contribution in [2.75, 3.05) is 25.0 Å². The van der Waals surface area contributed by atoms with Crippen molar-refractivity contribution in [3.05, 3.63) is 59.9 Å². The van der Waals surface area contributed by atoms with E-state index in [2.05, 4.69) is 44.5 Å². The third kappa shape index (κ3) is 4.02. The number of aromatic nitrogens is 2. The quantitative estimate of drug-likeness (QED) is 0.638. The average molecular weight is 378 g/mol. The van der Waals surface area contributed by atoms with Crippen LogP contribution in [0.1, 0.15) is 35.7 Å². The maximum absolute atomic E-state index is 12.5. The zero-order chi connectivity index (χ0) is 19.3. The molecule has 146 valence electrons. The summed E-state index contributed by atoms with van der Waals surface area (Å²) in [5, 5.41) is 4.55. The number of carbonyl (C=O) groups excluding carboxylic acids is 1. The Morgan fingerprint density at radius 1 is 1.32 bits per heavy atom. The van der Waals surface area contributed by atoms with Crippen molar-refractivity contribution < 1.29 is 9.53 Å². The molecular formula is C22H26N4O2. The first-order valence-corrected chi connectivity index (χ1v) is 9.90. The average Bonchev–Trinajstić information content (AvgIpc) is 3.19. The molecule has 0 unspecified atom stereocenters. The summed E-state index contributed by atoms with van der Waals surface area (Å²) in [6, 6.07) is 12.8. The highest BCUT2D eigenvalue weighted by molar-refractivity contribution is 6.04. The van der Waals surface area contributed by atoms with Crippen molar-refractivity contribution in [3.63, 3.8) is 0 Å². The van der Waals surface area contributed by atoms with E-state index in [1.54, 1.807) is 6.20 Å². The summed E-state index contributed by atoms with van der Waals surface area (Å²) in [5.41, 5.74) is 3.41. The molecule has 1 aliphatic rings. The highest BCUT2D eigenvalue weighted by Gasteiger charge is 2.24. The van der Waals surface area contributed by atoms with Gasteiger partial charge in [0.05, 0.1) is 12.3 Å². The third-order valence-corrected chi connectivity index (χ3v) is 5.18. The molecule has 0 bridgehead atoms. The molecule has 0 radical (unpaired) electrons. The topological polar surface area (TPSA) is 70.2 Å². The zero-order valence-corrected chi connectivity index (χ0v) is 16.1. The zero-order valence-electron chi connectivity index (χ0n) is 16.1. The van der Waals surface area contributed by atoms with Crippen molar-refractivity contribution in [1.29, 1.82) is 0 Å². The SMILES string of the molecule is CCOC(=O)c1cnc2[nH]ccc2c1N[C@@H]1CCCN(Cc2ccccc2)C1. The maximum Gasteiger partial charge on any atom is 0.341 e. The first-order valence-electron chi connectivity index (χ1n) is 9.90. The van der Waals surface area contributed by atoms with E-state index in [9.17, 15) is 4.79 Å². The molecule has 1 saturated heterocycles. The second-order valence-corrected chi connectivity index (χ2v) is 7.21. The molecule has 1 fully saturated rings. The Hall–Kier alpha value is -2.86. The van der Waals surface area contributed by atoms with Gasteiger partial charge >= 0.3 is 5.97 Å².